The van der Waals surface area contributed by atoms with E-state index in [1.54, 1.807) is 11.8 Å². The number of benzene rings is 1. The number of anilines is 1. The average Bonchev–Trinajstić information content (AvgIpc) is 3.15. The van der Waals surface area contributed by atoms with Crippen molar-refractivity contribution in [3.05, 3.63) is 41.2 Å². The third-order valence-electron chi connectivity index (χ3n) is 2.72. The second kappa shape index (κ2) is 4.78. The second-order valence-electron chi connectivity index (χ2n) is 4.32. The van der Waals surface area contributed by atoms with E-state index in [-0.39, 0.29) is 0 Å². The van der Waals surface area contributed by atoms with Gasteiger partial charge >= 0.3 is 0 Å². The van der Waals surface area contributed by atoms with Crippen molar-refractivity contribution in [3.8, 4) is 0 Å². The highest BCUT2D eigenvalue weighted by Gasteiger charge is 2.27. The van der Waals surface area contributed by atoms with Crippen LogP contribution in [0, 0.1) is 0 Å². The molecular weight excluding hydrogens is 266 g/mol. The Kier molecular flexibility index (Phi) is 3.14. The molecule has 1 heterocycles. The first-order chi connectivity index (χ1) is 8.70. The van der Waals surface area contributed by atoms with Gasteiger partial charge in [0.25, 0.3) is 0 Å². The molecule has 1 aromatic heterocycles. The van der Waals surface area contributed by atoms with Gasteiger partial charge < -0.3 is 5.73 Å². The number of nitrogen functional groups attached to an aromatic ring is 1. The van der Waals surface area contributed by atoms with Gasteiger partial charge in [0.2, 0.25) is 0 Å². The average molecular weight is 278 g/mol. The van der Waals surface area contributed by atoms with Crippen LogP contribution in [-0.4, -0.2) is 9.97 Å². The van der Waals surface area contributed by atoms with Crippen LogP contribution >= 0.6 is 23.4 Å². The van der Waals surface area contributed by atoms with Gasteiger partial charge in [0, 0.05) is 21.9 Å². The van der Waals surface area contributed by atoms with E-state index in [0.717, 1.165) is 20.8 Å². The number of nitrogens with two attached hydrogens (primary N) is 1. The van der Waals surface area contributed by atoms with Crippen LogP contribution in [0.15, 0.2) is 40.3 Å². The number of aromatic nitrogens is 2. The van der Waals surface area contributed by atoms with Crippen molar-refractivity contribution in [2.24, 2.45) is 0 Å². The summed E-state index contributed by atoms with van der Waals surface area (Å²) >= 11 is 7.44. The predicted molar refractivity (Wildman–Crippen MR) is 74.0 cm³/mol. The molecule has 3 rings (SSSR count). The fourth-order valence-electron chi connectivity index (χ4n) is 1.66. The first kappa shape index (κ1) is 11.8. The zero-order valence-electron chi connectivity index (χ0n) is 9.64. The maximum atomic E-state index is 5.86. The third kappa shape index (κ3) is 2.76. The quantitative estimate of drug-likeness (QED) is 0.869. The van der Waals surface area contributed by atoms with Crippen LogP contribution in [-0.2, 0) is 0 Å². The maximum absolute atomic E-state index is 5.86. The minimum atomic E-state index is 0.512. The molecule has 0 amide bonds. The Morgan fingerprint density at radius 1 is 1.17 bits per heavy atom. The van der Waals surface area contributed by atoms with Crippen LogP contribution in [0.5, 0.6) is 0 Å². The first-order valence-electron chi connectivity index (χ1n) is 5.78. The van der Waals surface area contributed by atoms with E-state index in [4.69, 9.17) is 17.3 Å². The van der Waals surface area contributed by atoms with E-state index >= 15 is 0 Å². The lowest BCUT2D eigenvalue weighted by Gasteiger charge is -2.05. The number of hydrogen-bond acceptors (Lipinski definition) is 4. The summed E-state index contributed by atoms with van der Waals surface area (Å²) in [6.45, 7) is 0. The Hall–Kier alpha value is -1.26. The molecule has 0 radical (unpaired) electrons. The van der Waals surface area contributed by atoms with Crippen molar-refractivity contribution in [2.45, 2.75) is 28.7 Å². The number of hydrogen-bond donors (Lipinski definition) is 1. The molecule has 1 aliphatic rings. The Morgan fingerprint density at radius 2 is 1.89 bits per heavy atom. The fraction of sp³-hybridized carbons (Fsp3) is 0.231. The van der Waals surface area contributed by atoms with E-state index in [0.29, 0.717) is 11.7 Å². The number of rotatable bonds is 3. The van der Waals surface area contributed by atoms with Crippen LogP contribution in [0.25, 0.3) is 0 Å². The fourth-order valence-corrected chi connectivity index (χ4v) is 2.62. The van der Waals surface area contributed by atoms with Crippen LogP contribution in [0.4, 0.5) is 5.82 Å². The van der Waals surface area contributed by atoms with Crippen molar-refractivity contribution in [3.63, 3.8) is 0 Å². The van der Waals surface area contributed by atoms with E-state index in [2.05, 4.69) is 9.97 Å². The Morgan fingerprint density at radius 3 is 2.56 bits per heavy atom. The molecule has 0 spiro atoms. The molecule has 1 saturated carbocycles. The van der Waals surface area contributed by atoms with E-state index < -0.39 is 0 Å². The van der Waals surface area contributed by atoms with Crippen LogP contribution in [0.1, 0.15) is 24.6 Å². The molecule has 1 aliphatic carbocycles. The molecule has 0 bridgehead atoms. The van der Waals surface area contributed by atoms with Crippen LogP contribution < -0.4 is 5.73 Å². The third-order valence-corrected chi connectivity index (χ3v) is 3.90. The summed E-state index contributed by atoms with van der Waals surface area (Å²) in [5.74, 6) is 1.94. The zero-order valence-corrected chi connectivity index (χ0v) is 11.2. The Labute approximate surface area is 115 Å². The van der Waals surface area contributed by atoms with Crippen LogP contribution in [0.2, 0.25) is 5.02 Å². The Balaban J connectivity index is 1.85. The number of nitrogens with zero attached hydrogens (tertiary/aromatic N) is 2. The maximum Gasteiger partial charge on any atom is 0.135 e. The zero-order chi connectivity index (χ0) is 12.5. The standard InChI is InChI=1S/C13H12ClN3S/c14-9-3-5-10(6-4-9)18-12-7-11(15)16-13(17-12)8-1-2-8/h3-8H,1-2H2,(H2,15,16,17). The highest BCUT2D eigenvalue weighted by atomic mass is 35.5. The molecule has 3 nitrogen and oxygen atoms in total. The SMILES string of the molecule is Nc1cc(Sc2ccc(Cl)cc2)nc(C2CC2)n1. The smallest absolute Gasteiger partial charge is 0.135 e. The molecule has 0 aliphatic heterocycles. The first-order valence-corrected chi connectivity index (χ1v) is 6.98. The van der Waals surface area contributed by atoms with Gasteiger partial charge in [-0.15, -0.1) is 0 Å². The minimum Gasteiger partial charge on any atom is -0.384 e. The summed E-state index contributed by atoms with van der Waals surface area (Å²) in [5, 5.41) is 1.63. The summed E-state index contributed by atoms with van der Waals surface area (Å²) in [6, 6.07) is 9.50. The van der Waals surface area contributed by atoms with Crippen molar-refractivity contribution < 1.29 is 0 Å². The van der Waals surface area contributed by atoms with Crippen molar-refractivity contribution in [1.82, 2.24) is 9.97 Å². The van der Waals surface area contributed by atoms with Crippen molar-refractivity contribution >= 4 is 29.2 Å². The van der Waals surface area contributed by atoms with Crippen molar-refractivity contribution in [1.29, 1.82) is 0 Å². The predicted octanol–water partition coefficient (Wildman–Crippen LogP) is 3.74. The number of halogens is 1. The van der Waals surface area contributed by atoms with Gasteiger partial charge in [0.15, 0.2) is 0 Å². The molecular formula is C13H12ClN3S. The second-order valence-corrected chi connectivity index (χ2v) is 5.85. The van der Waals surface area contributed by atoms with E-state index in [1.165, 1.54) is 12.8 Å². The lowest BCUT2D eigenvalue weighted by Crippen LogP contribution is -1.99. The molecule has 1 aromatic carbocycles. The summed E-state index contributed by atoms with van der Waals surface area (Å²) < 4.78 is 0. The molecule has 0 unspecified atom stereocenters. The highest BCUT2D eigenvalue weighted by Crippen LogP contribution is 2.39. The molecule has 2 N–H and O–H groups in total. The Bertz CT molecular complexity index is 567. The van der Waals surface area contributed by atoms with Gasteiger partial charge in [-0.05, 0) is 37.1 Å². The summed E-state index contributed by atoms with van der Waals surface area (Å²) in [6.07, 6.45) is 2.35. The molecule has 92 valence electrons. The normalized spacial score (nSPS) is 14.7. The summed E-state index contributed by atoms with van der Waals surface area (Å²) in [5.41, 5.74) is 5.82. The van der Waals surface area contributed by atoms with Gasteiger partial charge in [-0.2, -0.15) is 0 Å². The highest BCUT2D eigenvalue weighted by molar-refractivity contribution is 7.99. The van der Waals surface area contributed by atoms with Gasteiger partial charge in [-0.25, -0.2) is 9.97 Å². The lowest BCUT2D eigenvalue weighted by atomic mass is 10.4. The largest absolute Gasteiger partial charge is 0.384 e. The monoisotopic (exact) mass is 277 g/mol. The van der Waals surface area contributed by atoms with Gasteiger partial charge in [0.05, 0.1) is 0 Å². The van der Waals surface area contributed by atoms with Crippen molar-refractivity contribution in [2.75, 3.05) is 5.73 Å². The van der Waals surface area contributed by atoms with Gasteiger partial charge in [-0.1, -0.05) is 23.4 Å². The van der Waals surface area contributed by atoms with Gasteiger partial charge in [-0.3, -0.25) is 0 Å². The molecule has 5 heteroatoms. The van der Waals surface area contributed by atoms with E-state index in [9.17, 15) is 0 Å². The van der Waals surface area contributed by atoms with Gasteiger partial charge in [0.1, 0.15) is 16.7 Å². The van der Waals surface area contributed by atoms with Crippen LogP contribution in [0.3, 0.4) is 0 Å². The molecule has 1 fully saturated rings. The summed E-state index contributed by atoms with van der Waals surface area (Å²) in [7, 11) is 0. The molecule has 2 aromatic rings. The molecule has 0 saturated heterocycles. The molecule has 18 heavy (non-hydrogen) atoms. The minimum absolute atomic E-state index is 0.512. The van der Waals surface area contributed by atoms with E-state index in [1.807, 2.05) is 30.3 Å². The lowest BCUT2D eigenvalue weighted by molar-refractivity contribution is 0.884. The summed E-state index contributed by atoms with van der Waals surface area (Å²) in [4.78, 5) is 9.93. The molecule has 0 atom stereocenters. The topological polar surface area (TPSA) is 51.8 Å².